The number of nitrogens with zero attached hydrogens (tertiary/aromatic N) is 3. The number of hydrogen-bond donors (Lipinski definition) is 0. The Labute approximate surface area is 195 Å². The van der Waals surface area contributed by atoms with Crippen LogP contribution in [0, 0.1) is 0 Å². The number of thiazole rings is 1. The van der Waals surface area contributed by atoms with E-state index in [1.807, 2.05) is 50.2 Å². The number of fused-ring (bicyclic) bond motifs is 1. The van der Waals surface area contributed by atoms with Crippen molar-refractivity contribution in [1.29, 1.82) is 0 Å². The van der Waals surface area contributed by atoms with Crippen molar-refractivity contribution in [3.8, 4) is 5.75 Å². The Kier molecular flexibility index (Phi) is 6.55. The minimum atomic E-state index is -0.649. The zero-order valence-corrected chi connectivity index (χ0v) is 19.8. The molecule has 1 aromatic carbocycles. The van der Waals surface area contributed by atoms with E-state index in [1.165, 1.54) is 11.3 Å². The summed E-state index contributed by atoms with van der Waals surface area (Å²) in [5.74, 6) is 0.240. The molecule has 0 N–H and O–H groups in total. The summed E-state index contributed by atoms with van der Waals surface area (Å²) in [4.78, 5) is 35.7. The van der Waals surface area contributed by atoms with E-state index in [1.54, 1.807) is 36.9 Å². The second kappa shape index (κ2) is 9.54. The monoisotopic (exact) mass is 463 g/mol. The topological polar surface area (TPSA) is 82.8 Å². The van der Waals surface area contributed by atoms with E-state index >= 15 is 0 Å². The van der Waals surface area contributed by atoms with Crippen LogP contribution in [0.1, 0.15) is 44.9 Å². The zero-order valence-electron chi connectivity index (χ0n) is 18.9. The first-order valence-corrected chi connectivity index (χ1v) is 11.6. The molecule has 33 heavy (non-hydrogen) atoms. The maximum Gasteiger partial charge on any atom is 0.338 e. The number of aromatic nitrogens is 2. The summed E-state index contributed by atoms with van der Waals surface area (Å²) >= 11 is 1.29. The second-order valence-corrected chi connectivity index (χ2v) is 8.83. The summed E-state index contributed by atoms with van der Waals surface area (Å²) in [5.41, 5.74) is 2.27. The van der Waals surface area contributed by atoms with Crippen molar-refractivity contribution in [3.63, 3.8) is 0 Å². The van der Waals surface area contributed by atoms with Gasteiger partial charge in [0.2, 0.25) is 0 Å². The van der Waals surface area contributed by atoms with E-state index in [-0.39, 0.29) is 18.3 Å². The van der Waals surface area contributed by atoms with Crippen molar-refractivity contribution in [2.24, 2.45) is 4.99 Å². The van der Waals surface area contributed by atoms with Crippen LogP contribution in [-0.2, 0) is 9.53 Å². The lowest BCUT2D eigenvalue weighted by atomic mass is 9.96. The molecule has 1 atom stereocenters. The highest BCUT2D eigenvalue weighted by Crippen LogP contribution is 2.31. The molecule has 0 saturated heterocycles. The van der Waals surface area contributed by atoms with Crippen LogP contribution in [0.3, 0.4) is 0 Å². The van der Waals surface area contributed by atoms with Crippen molar-refractivity contribution in [1.82, 2.24) is 9.55 Å². The summed E-state index contributed by atoms with van der Waals surface area (Å²) in [5, 5.41) is 0. The molecule has 0 aliphatic carbocycles. The van der Waals surface area contributed by atoms with Crippen molar-refractivity contribution in [3.05, 3.63) is 90.9 Å². The van der Waals surface area contributed by atoms with E-state index < -0.39 is 12.0 Å². The lowest BCUT2D eigenvalue weighted by molar-refractivity contribution is -0.139. The molecular weight excluding hydrogens is 438 g/mol. The smallest absolute Gasteiger partial charge is 0.338 e. The Bertz CT molecular complexity index is 1370. The molecule has 0 amide bonds. The predicted octanol–water partition coefficient (Wildman–Crippen LogP) is 2.98. The third kappa shape index (κ3) is 4.66. The van der Waals surface area contributed by atoms with E-state index in [0.29, 0.717) is 20.6 Å². The fraction of sp³-hybridized carbons (Fsp3) is 0.280. The van der Waals surface area contributed by atoms with E-state index in [0.717, 1.165) is 16.9 Å². The quantitative estimate of drug-likeness (QED) is 0.525. The number of rotatable bonds is 6. The molecule has 7 nitrogen and oxygen atoms in total. The molecule has 3 aromatic rings. The Morgan fingerprint density at radius 1 is 1.24 bits per heavy atom. The summed E-state index contributed by atoms with van der Waals surface area (Å²) in [6, 6.07) is 10.5. The first-order chi connectivity index (χ1) is 15.9. The molecule has 1 aliphatic rings. The number of hydrogen-bond acceptors (Lipinski definition) is 7. The van der Waals surface area contributed by atoms with Crippen LogP contribution in [-0.4, -0.2) is 28.2 Å². The molecule has 2 aromatic heterocycles. The normalized spacial score (nSPS) is 15.9. The van der Waals surface area contributed by atoms with Gasteiger partial charge in [0.15, 0.2) is 4.80 Å². The van der Waals surface area contributed by atoms with Crippen LogP contribution in [0.2, 0.25) is 0 Å². The van der Waals surface area contributed by atoms with Crippen molar-refractivity contribution in [2.45, 2.75) is 39.8 Å². The molecule has 4 rings (SSSR count). The van der Waals surface area contributed by atoms with E-state index in [2.05, 4.69) is 9.98 Å². The number of carbonyl (C=O) groups is 1. The van der Waals surface area contributed by atoms with Gasteiger partial charge in [-0.3, -0.25) is 14.3 Å². The Hall–Kier alpha value is -3.52. The molecule has 8 heteroatoms. The summed E-state index contributed by atoms with van der Waals surface area (Å²) in [7, 11) is 0. The largest absolute Gasteiger partial charge is 0.491 e. The van der Waals surface area contributed by atoms with Crippen molar-refractivity contribution < 1.29 is 14.3 Å². The number of pyridine rings is 1. The van der Waals surface area contributed by atoms with Gasteiger partial charge < -0.3 is 9.47 Å². The van der Waals surface area contributed by atoms with Gasteiger partial charge in [0, 0.05) is 12.4 Å². The summed E-state index contributed by atoms with van der Waals surface area (Å²) in [6.07, 6.45) is 5.20. The minimum Gasteiger partial charge on any atom is -0.491 e. The highest BCUT2D eigenvalue weighted by atomic mass is 32.1. The predicted molar refractivity (Wildman–Crippen MR) is 127 cm³/mol. The fourth-order valence-electron chi connectivity index (χ4n) is 3.72. The number of ether oxygens (including phenoxy) is 2. The van der Waals surface area contributed by atoms with Gasteiger partial charge in [-0.2, -0.15) is 0 Å². The maximum absolute atomic E-state index is 13.5. The van der Waals surface area contributed by atoms with E-state index in [9.17, 15) is 9.59 Å². The highest BCUT2D eigenvalue weighted by Gasteiger charge is 2.33. The second-order valence-electron chi connectivity index (χ2n) is 7.82. The van der Waals surface area contributed by atoms with Gasteiger partial charge in [-0.1, -0.05) is 29.5 Å². The molecule has 0 saturated carbocycles. The number of esters is 1. The SMILES string of the molecule is CCOC(=O)C1=C(C)N=c2s/c(=C\c3cccnc3)c(=O)n2[C@@H]1c1ccc(OC(C)C)cc1. The standard InChI is InChI=1S/C25H25N3O4S/c1-5-31-24(30)21-16(4)27-25-28(22(21)18-8-10-19(11-9-18)32-15(2)3)23(29)20(33-25)13-17-7-6-12-26-14-17/h6-15,22H,5H2,1-4H3/b20-13-/t22-/m1/s1. The van der Waals surface area contributed by atoms with Crippen LogP contribution in [0.4, 0.5) is 0 Å². The number of carbonyl (C=O) groups excluding carboxylic acids is 1. The molecule has 0 radical (unpaired) electrons. The average Bonchev–Trinajstić information content (AvgIpc) is 3.08. The third-order valence-electron chi connectivity index (χ3n) is 5.07. The molecule has 3 heterocycles. The number of benzene rings is 1. The molecule has 0 bridgehead atoms. The third-order valence-corrected chi connectivity index (χ3v) is 6.05. The van der Waals surface area contributed by atoms with Gasteiger partial charge in [0.1, 0.15) is 5.75 Å². The van der Waals surface area contributed by atoms with Crippen molar-refractivity contribution in [2.75, 3.05) is 6.61 Å². The van der Waals surface area contributed by atoms with Crippen LogP contribution in [0.15, 0.2) is 69.8 Å². The Morgan fingerprint density at radius 3 is 2.64 bits per heavy atom. The van der Waals surface area contributed by atoms with Crippen LogP contribution < -0.4 is 19.6 Å². The van der Waals surface area contributed by atoms with Gasteiger partial charge in [0.05, 0.1) is 34.6 Å². The fourth-order valence-corrected chi connectivity index (χ4v) is 4.77. The molecule has 0 unspecified atom stereocenters. The zero-order chi connectivity index (χ0) is 23.5. The molecule has 0 spiro atoms. The molecule has 0 fully saturated rings. The molecule has 1 aliphatic heterocycles. The van der Waals surface area contributed by atoms with Gasteiger partial charge in [-0.05, 0) is 63.1 Å². The van der Waals surface area contributed by atoms with Gasteiger partial charge in [0.25, 0.3) is 5.56 Å². The maximum atomic E-state index is 13.5. The lowest BCUT2D eigenvalue weighted by Crippen LogP contribution is -2.39. The first-order valence-electron chi connectivity index (χ1n) is 10.8. The minimum absolute atomic E-state index is 0.0400. The first kappa shape index (κ1) is 22.7. The molecular formula is C25H25N3O4S. The van der Waals surface area contributed by atoms with Gasteiger partial charge in [-0.15, -0.1) is 0 Å². The summed E-state index contributed by atoms with van der Waals surface area (Å²) < 4.78 is 13.2. The van der Waals surface area contributed by atoms with E-state index in [4.69, 9.17) is 9.47 Å². The van der Waals surface area contributed by atoms with Crippen molar-refractivity contribution >= 4 is 23.4 Å². The van der Waals surface area contributed by atoms with Gasteiger partial charge >= 0.3 is 5.97 Å². The van der Waals surface area contributed by atoms with Gasteiger partial charge in [-0.25, -0.2) is 9.79 Å². The van der Waals surface area contributed by atoms with Crippen LogP contribution in [0.5, 0.6) is 5.75 Å². The lowest BCUT2D eigenvalue weighted by Gasteiger charge is -2.25. The number of allylic oxidation sites excluding steroid dienone is 1. The molecule has 170 valence electrons. The Morgan fingerprint density at radius 2 is 2.00 bits per heavy atom. The Balaban J connectivity index is 1.90. The average molecular weight is 464 g/mol. The summed E-state index contributed by atoms with van der Waals surface area (Å²) in [6.45, 7) is 7.67. The van der Waals surface area contributed by atoms with Crippen LogP contribution >= 0.6 is 11.3 Å². The van der Waals surface area contributed by atoms with Crippen LogP contribution in [0.25, 0.3) is 6.08 Å². The highest BCUT2D eigenvalue weighted by molar-refractivity contribution is 7.07.